The number of fused-ring (bicyclic) bond motifs is 2. The number of nitrogens with one attached hydrogen (secondary N) is 2. The molecule has 188 valence electrons. The molecule has 1 aromatic heterocycles. The summed E-state index contributed by atoms with van der Waals surface area (Å²) in [6.07, 6.45) is 4.44. The molecule has 4 rings (SSSR count). The van der Waals surface area contributed by atoms with E-state index >= 15 is 0 Å². The van der Waals surface area contributed by atoms with E-state index in [2.05, 4.69) is 10.6 Å². The molecule has 13 heteroatoms. The summed E-state index contributed by atoms with van der Waals surface area (Å²) in [5, 5.41) is 6.30. The second-order valence-corrected chi connectivity index (χ2v) is 11.5. The van der Waals surface area contributed by atoms with Gasteiger partial charge in [0.25, 0.3) is 7.82 Å². The molecule has 2 aliphatic heterocycles. The molecule has 3 heterocycles. The first kappa shape index (κ1) is 28.8. The third-order valence-corrected chi connectivity index (χ3v) is 8.68. The number of oxazole rings is 1. The molecule has 0 spiro atoms. The third-order valence-electron chi connectivity index (χ3n) is 6.17. The minimum absolute atomic E-state index is 0. The van der Waals surface area contributed by atoms with Crippen molar-refractivity contribution in [3.05, 3.63) is 34.3 Å². The Morgan fingerprint density at radius 1 is 1.14 bits per heavy atom. The first-order valence-electron chi connectivity index (χ1n) is 11.7. The van der Waals surface area contributed by atoms with Crippen LogP contribution in [0.1, 0.15) is 44.1 Å². The van der Waals surface area contributed by atoms with Crippen LogP contribution >= 0.6 is 19.6 Å². The Kier molecular flexibility index (Phi) is 10.8. The number of aromatic nitrogens is 1. The van der Waals surface area contributed by atoms with Crippen LogP contribution in [0, 0.1) is 6.92 Å². The maximum absolute atomic E-state index is 12.0. The maximum atomic E-state index is 12.0. The van der Waals surface area contributed by atoms with Crippen LogP contribution in [-0.4, -0.2) is 46.9 Å². The van der Waals surface area contributed by atoms with Gasteiger partial charge in [0.2, 0.25) is 0 Å². The fraction of sp³-hybridized carbons (Fsp3) is 0.636. The van der Waals surface area contributed by atoms with Gasteiger partial charge in [0.15, 0.2) is 5.58 Å². The Hall–Kier alpha value is -0.780. The number of carbonyl (C=O) groups is 1. The number of unbranched alkanes of at least 4 members (excludes halogenated alkanes) is 3. The first-order valence-corrected chi connectivity index (χ1v) is 14.2. The summed E-state index contributed by atoms with van der Waals surface area (Å²) in [6.45, 7) is 2.46. The van der Waals surface area contributed by atoms with E-state index in [4.69, 9.17) is 13.5 Å². The van der Waals surface area contributed by atoms with Crippen LogP contribution in [0.4, 0.5) is 4.79 Å². The summed E-state index contributed by atoms with van der Waals surface area (Å²) in [7, 11) is -4.34. The van der Waals surface area contributed by atoms with Crippen LogP contribution in [0.25, 0.3) is 11.1 Å². The Morgan fingerprint density at radius 3 is 2.66 bits per heavy atom. The number of amides is 2. The molecule has 0 saturated carbocycles. The van der Waals surface area contributed by atoms with Crippen molar-refractivity contribution in [1.82, 2.24) is 15.2 Å². The summed E-state index contributed by atoms with van der Waals surface area (Å²) < 4.78 is 28.6. The molecule has 2 fully saturated rings. The molecule has 1 unspecified atom stereocenters. The molecule has 4 atom stereocenters. The van der Waals surface area contributed by atoms with Crippen LogP contribution in [0.5, 0.6) is 0 Å². The number of phosphoric acid groups is 1. The number of nitrogens with zero attached hydrogens (tertiary/aromatic N) is 1. The van der Waals surface area contributed by atoms with Crippen molar-refractivity contribution in [1.29, 1.82) is 0 Å². The largest absolute Gasteiger partial charge is 1.00 e. The van der Waals surface area contributed by atoms with Crippen LogP contribution < -0.4 is 50.8 Å². The van der Waals surface area contributed by atoms with Gasteiger partial charge in [-0.25, -0.2) is 9.59 Å². The van der Waals surface area contributed by atoms with Gasteiger partial charge >= 0.3 is 41.3 Å². The average molecular weight is 536 g/mol. The van der Waals surface area contributed by atoms with Crippen LogP contribution in [0.15, 0.2) is 27.4 Å². The minimum atomic E-state index is -4.34. The van der Waals surface area contributed by atoms with E-state index in [0.29, 0.717) is 36.6 Å². The number of thioether (sulfide) groups is 1. The molecular formula is C22H31N3NaO7PS. The van der Waals surface area contributed by atoms with Gasteiger partial charge in [-0.2, -0.15) is 11.8 Å². The second-order valence-electron chi connectivity index (χ2n) is 8.78. The van der Waals surface area contributed by atoms with Crippen molar-refractivity contribution in [2.45, 2.75) is 69.3 Å². The molecule has 2 saturated heterocycles. The molecular weight excluding hydrogens is 504 g/mol. The molecule has 35 heavy (non-hydrogen) atoms. The Bertz CT molecular complexity index is 1110. The topological polar surface area (TPSA) is 135 Å². The molecule has 0 radical (unpaired) electrons. The number of hydrogen-bond donors (Lipinski definition) is 2. The zero-order valence-electron chi connectivity index (χ0n) is 20.2. The van der Waals surface area contributed by atoms with Crippen molar-refractivity contribution in [3.8, 4) is 0 Å². The average Bonchev–Trinajstić information content (AvgIpc) is 3.43. The third kappa shape index (κ3) is 7.85. The van der Waals surface area contributed by atoms with Gasteiger partial charge in [-0.3, -0.25) is 9.13 Å². The Morgan fingerprint density at radius 2 is 1.89 bits per heavy atom. The smallest absolute Gasteiger partial charge is 0.756 e. The van der Waals surface area contributed by atoms with E-state index in [0.717, 1.165) is 36.1 Å². The SMILES string of the molecule is Cc1ccc2oc(=O)n(CCCCOP(=O)([O-])OCCCCC[C@@H]3SC[C@@H]4NC(=O)N[C@@H]43)c2c1.[Na+]. The van der Waals surface area contributed by atoms with Gasteiger partial charge in [-0.15, -0.1) is 0 Å². The van der Waals surface area contributed by atoms with E-state index in [1.54, 1.807) is 10.6 Å². The second kappa shape index (κ2) is 13.1. The zero-order valence-corrected chi connectivity index (χ0v) is 23.9. The van der Waals surface area contributed by atoms with Crippen molar-refractivity contribution in [3.63, 3.8) is 0 Å². The number of benzene rings is 1. The van der Waals surface area contributed by atoms with E-state index < -0.39 is 13.6 Å². The van der Waals surface area contributed by atoms with Crippen molar-refractivity contribution >= 4 is 36.7 Å². The van der Waals surface area contributed by atoms with Crippen LogP contribution in [-0.2, 0) is 20.2 Å². The number of carbonyl (C=O) groups excluding carboxylic acids is 1. The van der Waals surface area contributed by atoms with E-state index in [-0.39, 0.29) is 60.9 Å². The normalized spacial score (nSPS) is 22.9. The molecule has 2 N–H and O–H groups in total. The summed E-state index contributed by atoms with van der Waals surface area (Å²) >= 11 is 1.87. The van der Waals surface area contributed by atoms with Gasteiger partial charge in [0.1, 0.15) is 0 Å². The Labute approximate surface area is 230 Å². The first-order chi connectivity index (χ1) is 16.3. The van der Waals surface area contributed by atoms with Crippen molar-refractivity contribution in [2.24, 2.45) is 0 Å². The van der Waals surface area contributed by atoms with Gasteiger partial charge in [0, 0.05) is 17.5 Å². The molecule has 0 aliphatic carbocycles. The number of phosphoric ester groups is 1. The van der Waals surface area contributed by atoms with E-state index in [9.17, 15) is 19.0 Å². The van der Waals surface area contributed by atoms with Gasteiger partial charge < -0.3 is 29.0 Å². The van der Waals surface area contributed by atoms with Crippen LogP contribution in [0.2, 0.25) is 0 Å². The summed E-state index contributed by atoms with van der Waals surface area (Å²) in [6, 6.07) is 5.87. The molecule has 2 amide bonds. The summed E-state index contributed by atoms with van der Waals surface area (Å²) in [5.74, 6) is 0.513. The maximum Gasteiger partial charge on any atom is 1.00 e. The summed E-state index contributed by atoms with van der Waals surface area (Å²) in [4.78, 5) is 35.4. The van der Waals surface area contributed by atoms with Crippen molar-refractivity contribution in [2.75, 3.05) is 19.0 Å². The fourth-order valence-corrected chi connectivity index (χ4v) is 6.74. The van der Waals surface area contributed by atoms with Gasteiger partial charge in [-0.1, -0.05) is 18.9 Å². The quantitative estimate of drug-likeness (QED) is 0.157. The summed E-state index contributed by atoms with van der Waals surface area (Å²) in [5.41, 5.74) is 2.30. The van der Waals surface area contributed by atoms with E-state index in [1.165, 1.54) is 0 Å². The van der Waals surface area contributed by atoms with E-state index in [1.807, 2.05) is 30.8 Å². The minimum Gasteiger partial charge on any atom is -0.756 e. The monoisotopic (exact) mass is 535 g/mol. The number of urea groups is 1. The number of hydrogen-bond acceptors (Lipinski definition) is 8. The van der Waals surface area contributed by atoms with Gasteiger partial charge in [0.05, 0.1) is 30.8 Å². The van der Waals surface area contributed by atoms with Gasteiger partial charge in [-0.05, 0) is 50.3 Å². The molecule has 2 aliphatic rings. The molecule has 10 nitrogen and oxygen atoms in total. The molecule has 2 aromatic rings. The Balaban J connectivity index is 0.00000342. The van der Waals surface area contributed by atoms with Crippen molar-refractivity contribution < 1.29 is 57.3 Å². The van der Waals surface area contributed by atoms with Crippen LogP contribution in [0.3, 0.4) is 0 Å². The predicted molar refractivity (Wildman–Crippen MR) is 128 cm³/mol. The zero-order chi connectivity index (χ0) is 24.1. The molecule has 1 aromatic carbocycles. The predicted octanol–water partition coefficient (Wildman–Crippen LogP) is -0.0855. The number of aryl methyl sites for hydroxylation is 2. The number of rotatable bonds is 13. The fourth-order valence-electron chi connectivity index (χ4n) is 4.41. The molecule has 0 bridgehead atoms. The standard InChI is InChI=1S/C22H32N3O7PS.Na/c1-15-8-9-18-17(13-15)25(22(27)32-18)10-4-6-12-31-33(28,29)30-11-5-2-3-7-19-20-16(14-34-19)23-21(26)24-20;/h8-9,13,16,19-20H,2-7,10-12,14H2,1H3,(H,28,29)(H2,23,24,26);/q;+1/p-1/t16-,19-,20-;/m0./s1.